The molecule has 0 fully saturated rings. The van der Waals surface area contributed by atoms with Crippen LogP contribution in [0.25, 0.3) is 16.4 Å². The molecule has 144 valence electrons. The summed E-state index contributed by atoms with van der Waals surface area (Å²) in [5.74, 6) is -1.64. The lowest BCUT2D eigenvalue weighted by Gasteiger charge is -2.08. The zero-order chi connectivity index (χ0) is 20.5. The molecular weight excluding hydrogens is 395 g/mol. The predicted molar refractivity (Wildman–Crippen MR) is 98.6 cm³/mol. The number of carboxylic acid groups (broad SMARTS) is 1. The van der Waals surface area contributed by atoms with Gasteiger partial charge in [-0.2, -0.15) is 13.2 Å². The molecule has 3 rings (SSSR count). The minimum atomic E-state index is -4.41. The van der Waals surface area contributed by atoms with Gasteiger partial charge in [0.1, 0.15) is 10.3 Å². The number of aryl methyl sites for hydroxylation is 1. The topological polar surface area (TPSA) is 92.2 Å². The van der Waals surface area contributed by atoms with Gasteiger partial charge in [-0.05, 0) is 30.2 Å². The number of allylic oxidation sites excluding steroid dienone is 1. The van der Waals surface area contributed by atoms with E-state index in [9.17, 15) is 22.8 Å². The lowest BCUT2D eigenvalue weighted by molar-refractivity contribution is -0.0790. The van der Waals surface area contributed by atoms with Crippen LogP contribution in [0.15, 0.2) is 36.5 Å². The number of aromatic nitrogens is 2. The molecule has 1 amide bonds. The molecule has 0 bridgehead atoms. The van der Waals surface area contributed by atoms with Crippen LogP contribution in [0.1, 0.15) is 31.3 Å². The van der Waals surface area contributed by atoms with E-state index < -0.39 is 18.1 Å². The molecule has 28 heavy (non-hydrogen) atoms. The van der Waals surface area contributed by atoms with Gasteiger partial charge in [0.25, 0.3) is 5.91 Å². The number of carbonyl (C=O) groups is 2. The van der Waals surface area contributed by atoms with E-state index >= 15 is 0 Å². The third-order valence-electron chi connectivity index (χ3n) is 3.65. The highest BCUT2D eigenvalue weighted by atomic mass is 32.1. The Kier molecular flexibility index (Phi) is 5.14. The number of carbonyl (C=O) groups excluding carboxylic acids is 1. The number of carboxylic acids is 1. The SMILES string of the molecule is Cc1cc(/C=C/C(F)(F)F)ccc1C(=O)Nc1cnc2sc(C(=O)O)nc2c1. The van der Waals surface area contributed by atoms with Crippen molar-refractivity contribution in [2.45, 2.75) is 13.1 Å². The Bertz CT molecular complexity index is 1110. The van der Waals surface area contributed by atoms with Crippen molar-refractivity contribution < 1.29 is 27.9 Å². The molecule has 0 unspecified atom stereocenters. The number of amides is 1. The van der Waals surface area contributed by atoms with E-state index in [2.05, 4.69) is 15.3 Å². The summed E-state index contributed by atoms with van der Waals surface area (Å²) in [7, 11) is 0. The fraction of sp³-hybridized carbons (Fsp3) is 0.111. The zero-order valence-electron chi connectivity index (χ0n) is 14.2. The maximum Gasteiger partial charge on any atom is 0.409 e. The van der Waals surface area contributed by atoms with Crippen molar-refractivity contribution in [1.82, 2.24) is 9.97 Å². The van der Waals surface area contributed by atoms with Crippen LogP contribution in [0.2, 0.25) is 0 Å². The molecule has 10 heteroatoms. The summed E-state index contributed by atoms with van der Waals surface area (Å²) in [6.07, 6.45) is -1.98. The molecule has 2 N–H and O–H groups in total. The van der Waals surface area contributed by atoms with E-state index in [1.54, 1.807) is 6.92 Å². The second-order valence-electron chi connectivity index (χ2n) is 5.78. The van der Waals surface area contributed by atoms with Crippen molar-refractivity contribution >= 4 is 45.3 Å². The number of fused-ring (bicyclic) bond motifs is 1. The highest BCUT2D eigenvalue weighted by molar-refractivity contribution is 7.19. The number of hydrogen-bond acceptors (Lipinski definition) is 5. The lowest BCUT2D eigenvalue weighted by atomic mass is 10.0. The molecule has 0 radical (unpaired) electrons. The molecule has 0 saturated carbocycles. The number of thiazole rings is 1. The number of alkyl halides is 3. The molecule has 2 heterocycles. The van der Waals surface area contributed by atoms with Crippen LogP contribution in [0.5, 0.6) is 0 Å². The average molecular weight is 407 g/mol. The van der Waals surface area contributed by atoms with Crippen molar-refractivity contribution in [1.29, 1.82) is 0 Å². The maximum absolute atomic E-state index is 12.5. The first-order valence-electron chi connectivity index (χ1n) is 7.80. The number of nitrogens with one attached hydrogen (secondary N) is 1. The Morgan fingerprint density at radius 3 is 2.64 bits per heavy atom. The van der Waals surface area contributed by atoms with Gasteiger partial charge in [0.05, 0.1) is 11.9 Å². The van der Waals surface area contributed by atoms with Gasteiger partial charge in [0, 0.05) is 11.6 Å². The Balaban J connectivity index is 1.80. The second-order valence-corrected chi connectivity index (χ2v) is 6.75. The largest absolute Gasteiger partial charge is 0.476 e. The van der Waals surface area contributed by atoms with Gasteiger partial charge in [-0.25, -0.2) is 14.8 Å². The zero-order valence-corrected chi connectivity index (χ0v) is 15.1. The minimum Gasteiger partial charge on any atom is -0.476 e. The molecule has 0 spiro atoms. The van der Waals surface area contributed by atoms with Gasteiger partial charge in [0.15, 0.2) is 0 Å². The van der Waals surface area contributed by atoms with Crippen molar-refractivity contribution in [2.75, 3.05) is 5.32 Å². The number of hydrogen-bond donors (Lipinski definition) is 2. The molecule has 1 aromatic carbocycles. The minimum absolute atomic E-state index is 0.107. The monoisotopic (exact) mass is 407 g/mol. The first-order valence-corrected chi connectivity index (χ1v) is 8.62. The van der Waals surface area contributed by atoms with Crippen LogP contribution >= 0.6 is 11.3 Å². The van der Waals surface area contributed by atoms with E-state index in [0.717, 1.165) is 17.4 Å². The number of rotatable bonds is 4. The number of anilines is 1. The third-order valence-corrected chi connectivity index (χ3v) is 4.62. The standard InChI is InChI=1S/C18H12F3N3O3S/c1-9-6-10(4-5-18(19,20)21)2-3-12(9)14(25)23-11-7-13-15(22-8-11)28-16(24-13)17(26)27/h2-8H,1H3,(H,23,25)(H,26,27)/b5-4+. The van der Waals surface area contributed by atoms with E-state index in [-0.39, 0.29) is 16.6 Å². The molecule has 0 atom stereocenters. The van der Waals surface area contributed by atoms with Gasteiger partial charge < -0.3 is 10.4 Å². The fourth-order valence-electron chi connectivity index (χ4n) is 2.42. The summed E-state index contributed by atoms with van der Waals surface area (Å²) in [6.45, 7) is 1.61. The summed E-state index contributed by atoms with van der Waals surface area (Å²) >= 11 is 0.919. The van der Waals surface area contributed by atoms with Gasteiger partial charge in [0.2, 0.25) is 5.01 Å². The molecule has 0 aliphatic heterocycles. The number of nitrogens with zero attached hydrogens (tertiary/aromatic N) is 2. The molecule has 0 aliphatic rings. The maximum atomic E-state index is 12.5. The van der Waals surface area contributed by atoms with Gasteiger partial charge in [-0.1, -0.05) is 29.5 Å². The summed E-state index contributed by atoms with van der Waals surface area (Å²) in [4.78, 5) is 31.9. The normalized spacial score (nSPS) is 11.9. The van der Waals surface area contributed by atoms with E-state index in [1.165, 1.54) is 30.5 Å². The summed E-state index contributed by atoms with van der Waals surface area (Å²) in [6, 6.07) is 5.81. The Morgan fingerprint density at radius 1 is 1.25 bits per heavy atom. The van der Waals surface area contributed by atoms with E-state index in [4.69, 9.17) is 5.11 Å². The average Bonchev–Trinajstić information content (AvgIpc) is 3.03. The molecular formula is C18H12F3N3O3S. The Labute approximate surface area is 160 Å². The summed E-state index contributed by atoms with van der Waals surface area (Å²) in [5, 5.41) is 11.5. The van der Waals surface area contributed by atoms with Crippen LogP contribution in [-0.2, 0) is 0 Å². The first kappa shape index (κ1) is 19.5. The van der Waals surface area contributed by atoms with Gasteiger partial charge >= 0.3 is 12.1 Å². The highest BCUT2D eigenvalue weighted by Crippen LogP contribution is 2.24. The van der Waals surface area contributed by atoms with Crippen LogP contribution in [-0.4, -0.2) is 33.1 Å². The van der Waals surface area contributed by atoms with Crippen molar-refractivity contribution in [3.05, 3.63) is 58.2 Å². The number of pyridine rings is 1. The summed E-state index contributed by atoms with van der Waals surface area (Å²) in [5.41, 5.74) is 1.76. The van der Waals surface area contributed by atoms with Gasteiger partial charge in [-0.3, -0.25) is 4.79 Å². The van der Waals surface area contributed by atoms with E-state index in [1.807, 2.05) is 0 Å². The first-order chi connectivity index (χ1) is 13.1. The highest BCUT2D eigenvalue weighted by Gasteiger charge is 2.22. The van der Waals surface area contributed by atoms with E-state index in [0.29, 0.717) is 27.2 Å². The Morgan fingerprint density at radius 2 is 2.00 bits per heavy atom. The van der Waals surface area contributed by atoms with Crippen LogP contribution in [0, 0.1) is 6.92 Å². The second kappa shape index (κ2) is 7.39. The molecule has 0 saturated heterocycles. The number of aromatic carboxylic acids is 1. The molecule has 0 aliphatic carbocycles. The third kappa shape index (κ3) is 4.52. The molecule has 2 aromatic heterocycles. The van der Waals surface area contributed by atoms with Crippen LogP contribution in [0.4, 0.5) is 18.9 Å². The Hall–Kier alpha value is -3.27. The summed E-state index contributed by atoms with van der Waals surface area (Å²) < 4.78 is 36.8. The smallest absolute Gasteiger partial charge is 0.409 e. The van der Waals surface area contributed by atoms with Crippen LogP contribution < -0.4 is 5.32 Å². The van der Waals surface area contributed by atoms with Crippen molar-refractivity contribution in [3.63, 3.8) is 0 Å². The van der Waals surface area contributed by atoms with Gasteiger partial charge in [-0.15, -0.1) is 0 Å². The predicted octanol–water partition coefficient (Wildman–Crippen LogP) is 4.53. The lowest BCUT2D eigenvalue weighted by Crippen LogP contribution is -2.13. The van der Waals surface area contributed by atoms with Crippen molar-refractivity contribution in [2.24, 2.45) is 0 Å². The number of halogens is 3. The molecule has 3 aromatic rings. The van der Waals surface area contributed by atoms with Crippen molar-refractivity contribution in [3.8, 4) is 0 Å². The molecule has 6 nitrogen and oxygen atoms in total. The van der Waals surface area contributed by atoms with Crippen LogP contribution in [0.3, 0.4) is 0 Å². The quantitative estimate of drug-likeness (QED) is 0.663. The number of benzene rings is 1. The fourth-order valence-corrected chi connectivity index (χ4v) is 3.15.